The van der Waals surface area contributed by atoms with Gasteiger partial charge in [0.05, 0.1) is 0 Å². The first-order chi connectivity index (χ1) is 7.17. The quantitative estimate of drug-likeness (QED) is 0.466. The summed E-state index contributed by atoms with van der Waals surface area (Å²) >= 11 is 4.93. The molecule has 15 heavy (non-hydrogen) atoms. The third-order valence-corrected chi connectivity index (χ3v) is 5.42. The normalized spacial score (nSPS) is 14.9. The van der Waals surface area contributed by atoms with Crippen LogP contribution in [0.2, 0.25) is 0 Å². The van der Waals surface area contributed by atoms with Gasteiger partial charge in [0, 0.05) is 8.86 Å². The molecule has 0 radical (unpaired) electrons. The van der Waals surface area contributed by atoms with Gasteiger partial charge < -0.3 is 0 Å². The van der Waals surface area contributed by atoms with Crippen LogP contribution in [-0.2, 0) is 6.42 Å². The Morgan fingerprint density at radius 1 is 1.13 bits per heavy atom. The molecule has 84 valence electrons. The van der Waals surface area contributed by atoms with Gasteiger partial charge in [-0.2, -0.15) is 0 Å². The molecule has 2 atom stereocenters. The fraction of sp³-hybridized carbons (Fsp3) is 0.538. The molecule has 0 aliphatic carbocycles. The molecule has 0 aliphatic rings. The van der Waals surface area contributed by atoms with Crippen molar-refractivity contribution in [1.82, 2.24) is 0 Å². The monoisotopic (exact) mass is 428 g/mol. The van der Waals surface area contributed by atoms with Crippen LogP contribution in [0.4, 0.5) is 0 Å². The van der Waals surface area contributed by atoms with E-state index in [0.29, 0.717) is 5.92 Å². The molecule has 0 saturated heterocycles. The van der Waals surface area contributed by atoms with E-state index in [1.165, 1.54) is 26.4 Å². The van der Waals surface area contributed by atoms with Crippen LogP contribution in [0.25, 0.3) is 0 Å². The lowest BCUT2D eigenvalue weighted by atomic mass is 9.96. The van der Waals surface area contributed by atoms with Crippen molar-refractivity contribution in [2.45, 2.75) is 26.2 Å². The zero-order valence-electron chi connectivity index (χ0n) is 9.34. The van der Waals surface area contributed by atoms with Crippen molar-refractivity contribution >= 4 is 45.2 Å². The highest BCUT2D eigenvalue weighted by molar-refractivity contribution is 14.1. The second kappa shape index (κ2) is 7.09. The van der Waals surface area contributed by atoms with E-state index < -0.39 is 0 Å². The highest BCUT2D eigenvalue weighted by Gasteiger charge is 2.06. The van der Waals surface area contributed by atoms with Crippen molar-refractivity contribution in [3.8, 4) is 0 Å². The Bertz CT molecular complexity index is 296. The minimum absolute atomic E-state index is 0.681. The van der Waals surface area contributed by atoms with E-state index in [0.717, 1.165) is 5.92 Å². The predicted molar refractivity (Wildman–Crippen MR) is 85.5 cm³/mol. The molecule has 0 fully saturated rings. The lowest BCUT2D eigenvalue weighted by Gasteiger charge is -2.12. The van der Waals surface area contributed by atoms with Crippen molar-refractivity contribution in [3.05, 3.63) is 35.4 Å². The summed E-state index contributed by atoms with van der Waals surface area (Å²) in [6.07, 6.45) is 1.21. The van der Waals surface area contributed by atoms with Crippen LogP contribution in [0.15, 0.2) is 24.3 Å². The Balaban J connectivity index is 2.74. The van der Waals surface area contributed by atoms with E-state index in [1.54, 1.807) is 0 Å². The number of benzene rings is 1. The summed E-state index contributed by atoms with van der Waals surface area (Å²) in [4.78, 5) is 0. The highest BCUT2D eigenvalue weighted by Crippen LogP contribution is 2.20. The Morgan fingerprint density at radius 2 is 1.87 bits per heavy atom. The molecule has 1 aromatic carbocycles. The zero-order chi connectivity index (χ0) is 11.3. The van der Waals surface area contributed by atoms with E-state index in [4.69, 9.17) is 0 Å². The van der Waals surface area contributed by atoms with E-state index in [1.807, 2.05) is 0 Å². The molecule has 0 heterocycles. The number of alkyl halides is 2. The van der Waals surface area contributed by atoms with Gasteiger partial charge in [-0.1, -0.05) is 83.3 Å². The van der Waals surface area contributed by atoms with E-state index in [9.17, 15) is 0 Å². The third kappa shape index (κ3) is 4.59. The fourth-order valence-electron chi connectivity index (χ4n) is 1.57. The average Bonchev–Trinajstić information content (AvgIpc) is 2.28. The van der Waals surface area contributed by atoms with Gasteiger partial charge in [0.1, 0.15) is 0 Å². The fourth-order valence-corrected chi connectivity index (χ4v) is 2.39. The molecule has 2 heteroatoms. The van der Waals surface area contributed by atoms with Gasteiger partial charge in [0.2, 0.25) is 0 Å². The van der Waals surface area contributed by atoms with Crippen LogP contribution >= 0.6 is 45.2 Å². The van der Waals surface area contributed by atoms with Crippen LogP contribution in [0.5, 0.6) is 0 Å². The standard InChI is InChI=1S/C13H18I2/c1-10(8-14)6-12-4-3-5-13(7-12)11(2)9-15/h3-5,7,10-11H,6,8-9H2,1-2H3. The maximum atomic E-state index is 2.47. The van der Waals surface area contributed by atoms with Gasteiger partial charge in [-0.15, -0.1) is 0 Å². The van der Waals surface area contributed by atoms with E-state index in [2.05, 4.69) is 83.3 Å². The number of halogens is 2. The maximum Gasteiger partial charge on any atom is 0.00616 e. The first kappa shape index (κ1) is 13.7. The van der Waals surface area contributed by atoms with Crippen molar-refractivity contribution in [1.29, 1.82) is 0 Å². The summed E-state index contributed by atoms with van der Waals surface area (Å²) in [7, 11) is 0. The minimum atomic E-state index is 0.681. The van der Waals surface area contributed by atoms with Crippen LogP contribution < -0.4 is 0 Å². The average molecular weight is 428 g/mol. The molecule has 0 bridgehead atoms. The van der Waals surface area contributed by atoms with E-state index in [-0.39, 0.29) is 0 Å². The molecule has 0 amide bonds. The molecule has 0 aromatic heterocycles. The topological polar surface area (TPSA) is 0 Å². The molecule has 0 spiro atoms. The van der Waals surface area contributed by atoms with Gasteiger partial charge in [0.25, 0.3) is 0 Å². The second-order valence-electron chi connectivity index (χ2n) is 4.26. The number of rotatable bonds is 5. The second-order valence-corrected chi connectivity index (χ2v) is 6.03. The predicted octanol–water partition coefficient (Wildman–Crippen LogP) is 4.84. The van der Waals surface area contributed by atoms with Gasteiger partial charge in [-0.3, -0.25) is 0 Å². The Kier molecular flexibility index (Phi) is 6.50. The molecular formula is C13H18I2. The van der Waals surface area contributed by atoms with Crippen molar-refractivity contribution in [2.75, 3.05) is 8.86 Å². The molecular weight excluding hydrogens is 410 g/mol. The van der Waals surface area contributed by atoms with Crippen LogP contribution in [0, 0.1) is 5.92 Å². The summed E-state index contributed by atoms with van der Waals surface area (Å²) in [6.45, 7) is 4.62. The van der Waals surface area contributed by atoms with Gasteiger partial charge in [-0.05, 0) is 29.4 Å². The number of hydrogen-bond donors (Lipinski definition) is 0. The summed E-state index contributed by atoms with van der Waals surface area (Å²) in [5, 5.41) is 0. The van der Waals surface area contributed by atoms with Gasteiger partial charge >= 0.3 is 0 Å². The summed E-state index contributed by atoms with van der Waals surface area (Å²) in [5.41, 5.74) is 2.98. The molecule has 0 nitrogen and oxygen atoms in total. The molecule has 1 aromatic rings. The molecule has 0 aliphatic heterocycles. The summed E-state index contributed by atoms with van der Waals surface area (Å²) in [6, 6.07) is 9.09. The summed E-state index contributed by atoms with van der Waals surface area (Å²) < 4.78 is 2.44. The van der Waals surface area contributed by atoms with Crippen molar-refractivity contribution in [2.24, 2.45) is 5.92 Å². The Hall–Kier alpha value is 0.680. The Morgan fingerprint density at radius 3 is 2.47 bits per heavy atom. The molecule has 0 saturated carbocycles. The minimum Gasteiger partial charge on any atom is -0.0861 e. The van der Waals surface area contributed by atoms with Crippen LogP contribution in [-0.4, -0.2) is 8.86 Å². The first-order valence-electron chi connectivity index (χ1n) is 5.38. The largest absolute Gasteiger partial charge is 0.0861 e. The maximum absolute atomic E-state index is 2.47. The van der Waals surface area contributed by atoms with Crippen molar-refractivity contribution in [3.63, 3.8) is 0 Å². The van der Waals surface area contributed by atoms with Gasteiger partial charge in [-0.25, -0.2) is 0 Å². The van der Waals surface area contributed by atoms with E-state index >= 15 is 0 Å². The lowest BCUT2D eigenvalue weighted by molar-refractivity contribution is 0.667. The third-order valence-electron chi connectivity index (χ3n) is 2.60. The van der Waals surface area contributed by atoms with Crippen LogP contribution in [0.1, 0.15) is 30.9 Å². The summed E-state index contributed by atoms with van der Waals surface area (Å²) in [5.74, 6) is 1.47. The number of hydrogen-bond acceptors (Lipinski definition) is 0. The van der Waals surface area contributed by atoms with Crippen molar-refractivity contribution < 1.29 is 0 Å². The highest BCUT2D eigenvalue weighted by atomic mass is 127. The van der Waals surface area contributed by atoms with Gasteiger partial charge in [0.15, 0.2) is 0 Å². The first-order valence-corrected chi connectivity index (χ1v) is 8.43. The zero-order valence-corrected chi connectivity index (χ0v) is 13.7. The Labute approximate surface area is 121 Å². The van der Waals surface area contributed by atoms with Crippen LogP contribution in [0.3, 0.4) is 0 Å². The lowest BCUT2D eigenvalue weighted by Crippen LogP contribution is -2.02. The smallest absolute Gasteiger partial charge is 0.00616 e. The molecule has 1 rings (SSSR count). The molecule has 2 unspecified atom stereocenters. The molecule has 0 N–H and O–H groups in total. The SMILES string of the molecule is CC(CI)Cc1cccc(C(C)CI)c1.